The Balaban J connectivity index is 1.32. The van der Waals surface area contributed by atoms with E-state index in [0.717, 1.165) is 31.3 Å². The molecule has 8 heteroatoms. The van der Waals surface area contributed by atoms with Crippen LogP contribution in [-0.4, -0.2) is 75.0 Å². The van der Waals surface area contributed by atoms with Crippen LogP contribution < -0.4 is 4.72 Å². The van der Waals surface area contributed by atoms with Gasteiger partial charge in [0.2, 0.25) is 10.0 Å². The minimum absolute atomic E-state index is 0.281. The average Bonchev–Trinajstić information content (AvgIpc) is 2.68. The minimum atomic E-state index is -3.48. The van der Waals surface area contributed by atoms with Gasteiger partial charge in [0.25, 0.3) is 0 Å². The van der Waals surface area contributed by atoms with Crippen molar-refractivity contribution in [2.24, 2.45) is 11.8 Å². The van der Waals surface area contributed by atoms with Crippen molar-refractivity contribution in [2.45, 2.75) is 23.8 Å². The molecule has 4 heterocycles. The van der Waals surface area contributed by atoms with E-state index in [9.17, 15) is 8.42 Å². The Morgan fingerprint density at radius 3 is 2.56 bits per heavy atom. The predicted molar refractivity (Wildman–Crippen MR) is 112 cm³/mol. The molecule has 2 bridgehead atoms. The molecule has 0 saturated carbocycles. The number of nitrogens with zero attached hydrogens (tertiary/aromatic N) is 2. The van der Waals surface area contributed by atoms with E-state index >= 15 is 0 Å². The number of halogens is 1. The van der Waals surface area contributed by atoms with E-state index < -0.39 is 10.0 Å². The highest BCUT2D eigenvalue weighted by atomic mass is 35.5. The van der Waals surface area contributed by atoms with Gasteiger partial charge in [-0.2, -0.15) is 11.8 Å². The highest BCUT2D eigenvalue weighted by Crippen LogP contribution is 2.36. The van der Waals surface area contributed by atoms with E-state index in [1.807, 2.05) is 0 Å². The molecule has 1 N–H and O–H groups in total. The molecule has 4 fully saturated rings. The maximum absolute atomic E-state index is 12.5. The van der Waals surface area contributed by atoms with Crippen LogP contribution in [0.25, 0.3) is 0 Å². The number of nitrogens with one attached hydrogen (secondary N) is 1. The first-order valence-electron chi connectivity index (χ1n) is 9.80. The summed E-state index contributed by atoms with van der Waals surface area (Å²) in [5.74, 6) is 3.99. The third-order valence-corrected chi connectivity index (χ3v) is 8.88. The lowest BCUT2D eigenvalue weighted by molar-refractivity contribution is -0.00914. The topological polar surface area (TPSA) is 52.7 Å². The SMILES string of the molecule is O=S(=O)(NC[C@H]1C[C@@H]2CCN1C[C@@H]2CN1CCSCC1)c1ccc(Cl)cc1. The molecule has 4 atom stereocenters. The predicted octanol–water partition coefficient (Wildman–Crippen LogP) is 2.38. The third-order valence-electron chi connectivity index (χ3n) is 6.24. The third kappa shape index (κ3) is 4.82. The molecule has 0 spiro atoms. The van der Waals surface area contributed by atoms with Crippen molar-refractivity contribution in [3.8, 4) is 0 Å². The number of benzene rings is 1. The maximum Gasteiger partial charge on any atom is 0.240 e. The van der Waals surface area contributed by atoms with Crippen LogP contribution in [0.15, 0.2) is 29.2 Å². The molecule has 4 aliphatic heterocycles. The van der Waals surface area contributed by atoms with Crippen molar-refractivity contribution in [3.05, 3.63) is 29.3 Å². The summed E-state index contributed by atoms with van der Waals surface area (Å²) < 4.78 is 27.9. The second-order valence-electron chi connectivity index (χ2n) is 7.91. The van der Waals surface area contributed by atoms with E-state index in [1.165, 1.54) is 37.6 Å². The van der Waals surface area contributed by atoms with Crippen molar-refractivity contribution in [1.82, 2.24) is 14.5 Å². The zero-order valence-electron chi connectivity index (χ0n) is 15.5. The largest absolute Gasteiger partial charge is 0.301 e. The second kappa shape index (κ2) is 8.59. The first-order chi connectivity index (χ1) is 13.0. The summed E-state index contributed by atoms with van der Waals surface area (Å²) in [7, 11) is -3.48. The number of sulfonamides is 1. The fourth-order valence-corrected chi connectivity index (χ4v) is 6.86. The zero-order valence-corrected chi connectivity index (χ0v) is 17.9. The van der Waals surface area contributed by atoms with Gasteiger partial charge in [-0.1, -0.05) is 11.6 Å². The monoisotopic (exact) mass is 429 g/mol. The second-order valence-corrected chi connectivity index (χ2v) is 11.3. The van der Waals surface area contributed by atoms with Crippen molar-refractivity contribution >= 4 is 33.4 Å². The Labute approximate surface area is 171 Å². The van der Waals surface area contributed by atoms with Gasteiger partial charge in [-0.15, -0.1) is 0 Å². The van der Waals surface area contributed by atoms with Crippen LogP contribution >= 0.6 is 23.4 Å². The number of fused-ring (bicyclic) bond motifs is 3. The molecule has 150 valence electrons. The number of piperidine rings is 3. The molecule has 5 rings (SSSR count). The van der Waals surface area contributed by atoms with Gasteiger partial charge in [-0.3, -0.25) is 4.90 Å². The molecular formula is C19H28ClN3O2S2. The molecule has 1 aromatic carbocycles. The first kappa shape index (κ1) is 20.0. The molecule has 4 saturated heterocycles. The Morgan fingerprint density at radius 1 is 1.15 bits per heavy atom. The summed E-state index contributed by atoms with van der Waals surface area (Å²) >= 11 is 7.92. The van der Waals surface area contributed by atoms with Crippen LogP contribution in [0.1, 0.15) is 12.8 Å². The van der Waals surface area contributed by atoms with E-state index in [-0.39, 0.29) is 4.90 Å². The summed E-state index contributed by atoms with van der Waals surface area (Å²) in [5, 5.41) is 0.544. The lowest BCUT2D eigenvalue weighted by atomic mass is 9.75. The highest BCUT2D eigenvalue weighted by Gasteiger charge is 2.40. The van der Waals surface area contributed by atoms with Crippen molar-refractivity contribution in [1.29, 1.82) is 0 Å². The van der Waals surface area contributed by atoms with Crippen LogP contribution in [0.4, 0.5) is 0 Å². The number of hydrogen-bond donors (Lipinski definition) is 1. The Hall–Kier alpha value is -0.310. The molecule has 1 aromatic rings. The molecule has 0 amide bonds. The summed E-state index contributed by atoms with van der Waals surface area (Å²) in [5.41, 5.74) is 0. The van der Waals surface area contributed by atoms with Crippen molar-refractivity contribution < 1.29 is 8.42 Å². The van der Waals surface area contributed by atoms with Gasteiger partial charge in [0.15, 0.2) is 0 Å². The minimum Gasteiger partial charge on any atom is -0.301 e. The van der Waals surface area contributed by atoms with Crippen LogP contribution in [-0.2, 0) is 10.0 Å². The van der Waals surface area contributed by atoms with Gasteiger partial charge in [-0.05, 0) is 55.5 Å². The fourth-order valence-electron chi connectivity index (χ4n) is 4.69. The Bertz CT molecular complexity index is 738. The molecular weight excluding hydrogens is 402 g/mol. The summed E-state index contributed by atoms with van der Waals surface area (Å²) in [6.45, 7) is 6.36. The molecule has 0 aromatic heterocycles. The van der Waals surface area contributed by atoms with Crippen LogP contribution in [0, 0.1) is 11.8 Å². The quantitative estimate of drug-likeness (QED) is 0.752. The molecule has 1 unspecified atom stereocenters. The standard InChI is InChI=1S/C19H28ClN3O2S2/c20-17-1-3-19(4-2-17)27(24,25)21-12-18-11-15-5-6-23(18)14-16(15)13-22-7-9-26-10-8-22/h1-4,15-16,18,21H,5-14H2/t15-,16-,18+/m0/s1. The van der Waals surface area contributed by atoms with E-state index in [4.69, 9.17) is 11.6 Å². The number of hydrogen-bond acceptors (Lipinski definition) is 5. The van der Waals surface area contributed by atoms with Gasteiger partial charge < -0.3 is 4.90 Å². The smallest absolute Gasteiger partial charge is 0.240 e. The van der Waals surface area contributed by atoms with E-state index in [0.29, 0.717) is 17.6 Å². The summed E-state index contributed by atoms with van der Waals surface area (Å²) in [6, 6.07) is 6.67. The maximum atomic E-state index is 12.5. The molecule has 0 radical (unpaired) electrons. The normalized spacial score (nSPS) is 31.9. The van der Waals surface area contributed by atoms with E-state index in [1.54, 1.807) is 24.3 Å². The average molecular weight is 430 g/mol. The molecule has 27 heavy (non-hydrogen) atoms. The van der Waals surface area contributed by atoms with Crippen molar-refractivity contribution in [2.75, 3.05) is 50.8 Å². The van der Waals surface area contributed by atoms with E-state index in [2.05, 4.69) is 26.3 Å². The van der Waals surface area contributed by atoms with Gasteiger partial charge in [0.05, 0.1) is 4.90 Å². The van der Waals surface area contributed by atoms with Gasteiger partial charge >= 0.3 is 0 Å². The van der Waals surface area contributed by atoms with Gasteiger partial charge in [-0.25, -0.2) is 13.1 Å². The lowest BCUT2D eigenvalue weighted by Crippen LogP contribution is -2.58. The number of thioether (sulfide) groups is 1. The van der Waals surface area contributed by atoms with Crippen molar-refractivity contribution in [3.63, 3.8) is 0 Å². The summed E-state index contributed by atoms with van der Waals surface area (Å²) in [4.78, 5) is 5.42. The first-order valence-corrected chi connectivity index (χ1v) is 12.8. The molecule has 5 nitrogen and oxygen atoms in total. The molecule has 4 aliphatic rings. The fraction of sp³-hybridized carbons (Fsp3) is 0.684. The Kier molecular flexibility index (Phi) is 6.36. The van der Waals surface area contributed by atoms with Gasteiger partial charge in [0.1, 0.15) is 0 Å². The molecule has 0 aliphatic carbocycles. The lowest BCUT2D eigenvalue weighted by Gasteiger charge is -2.51. The number of rotatable bonds is 6. The Morgan fingerprint density at radius 2 is 1.89 bits per heavy atom. The highest BCUT2D eigenvalue weighted by molar-refractivity contribution is 7.99. The van der Waals surface area contributed by atoms with Crippen LogP contribution in [0.5, 0.6) is 0 Å². The van der Waals surface area contributed by atoms with Gasteiger partial charge in [0, 0.05) is 55.3 Å². The summed E-state index contributed by atoms with van der Waals surface area (Å²) in [6.07, 6.45) is 2.37. The zero-order chi connectivity index (χ0) is 18.9. The van der Waals surface area contributed by atoms with Crippen LogP contribution in [0.2, 0.25) is 5.02 Å². The van der Waals surface area contributed by atoms with Crippen LogP contribution in [0.3, 0.4) is 0 Å².